The second-order valence-electron chi connectivity index (χ2n) is 4.36. The summed E-state index contributed by atoms with van der Waals surface area (Å²) in [6, 6.07) is 0.660. The Hall–Kier alpha value is -0.0800. The van der Waals surface area contributed by atoms with E-state index in [0.29, 0.717) is 18.1 Å². The van der Waals surface area contributed by atoms with Crippen molar-refractivity contribution in [2.24, 2.45) is 5.92 Å². The van der Waals surface area contributed by atoms with Crippen LogP contribution in [0.25, 0.3) is 0 Å². The van der Waals surface area contributed by atoms with Gasteiger partial charge in [0.15, 0.2) is 0 Å². The van der Waals surface area contributed by atoms with Crippen LogP contribution in [0.3, 0.4) is 0 Å². The molecule has 0 saturated carbocycles. The highest BCUT2D eigenvalue weighted by Gasteiger charge is 2.07. The first kappa shape index (κ1) is 13.9. The summed E-state index contributed by atoms with van der Waals surface area (Å²) in [4.78, 5) is 0. The highest BCUT2D eigenvalue weighted by atomic mass is 16.5. The molecule has 86 valence electrons. The Morgan fingerprint density at radius 2 is 1.86 bits per heavy atom. The van der Waals surface area contributed by atoms with E-state index in [9.17, 15) is 0 Å². The molecular formula is C12H27NO. The first-order valence-electron chi connectivity index (χ1n) is 5.90. The third-order valence-electron chi connectivity index (χ3n) is 2.92. The third-order valence-corrected chi connectivity index (χ3v) is 2.92. The van der Waals surface area contributed by atoms with Crippen LogP contribution in [0.4, 0.5) is 0 Å². The van der Waals surface area contributed by atoms with Crippen LogP contribution in [0.15, 0.2) is 0 Å². The summed E-state index contributed by atoms with van der Waals surface area (Å²) in [6.45, 7) is 9.68. The van der Waals surface area contributed by atoms with E-state index in [0.717, 1.165) is 13.0 Å². The molecule has 0 fully saturated rings. The van der Waals surface area contributed by atoms with Gasteiger partial charge in [0.05, 0.1) is 6.10 Å². The Kier molecular flexibility index (Phi) is 8.20. The lowest BCUT2D eigenvalue weighted by atomic mass is 10.1. The van der Waals surface area contributed by atoms with Crippen molar-refractivity contribution in [1.82, 2.24) is 5.32 Å². The van der Waals surface area contributed by atoms with Crippen molar-refractivity contribution < 1.29 is 4.74 Å². The van der Waals surface area contributed by atoms with Gasteiger partial charge in [-0.05, 0) is 39.2 Å². The van der Waals surface area contributed by atoms with Crippen LogP contribution in [-0.2, 0) is 4.74 Å². The van der Waals surface area contributed by atoms with Gasteiger partial charge in [-0.2, -0.15) is 0 Å². The molecule has 1 N–H and O–H groups in total. The molecule has 14 heavy (non-hydrogen) atoms. The van der Waals surface area contributed by atoms with Crippen molar-refractivity contribution in [1.29, 1.82) is 0 Å². The van der Waals surface area contributed by atoms with Crippen LogP contribution in [0, 0.1) is 5.92 Å². The van der Waals surface area contributed by atoms with Crippen molar-refractivity contribution in [3.63, 3.8) is 0 Å². The maximum atomic E-state index is 5.72. The second-order valence-corrected chi connectivity index (χ2v) is 4.36. The van der Waals surface area contributed by atoms with E-state index < -0.39 is 0 Å². The maximum absolute atomic E-state index is 5.72. The molecule has 0 radical (unpaired) electrons. The monoisotopic (exact) mass is 201 g/mol. The van der Waals surface area contributed by atoms with Gasteiger partial charge in [-0.1, -0.05) is 20.8 Å². The predicted molar refractivity (Wildman–Crippen MR) is 62.6 cm³/mol. The number of rotatable bonds is 8. The Morgan fingerprint density at radius 3 is 2.29 bits per heavy atom. The van der Waals surface area contributed by atoms with Gasteiger partial charge in [-0.15, -0.1) is 0 Å². The van der Waals surface area contributed by atoms with E-state index in [1.54, 1.807) is 0 Å². The second kappa shape index (κ2) is 8.25. The molecule has 0 heterocycles. The Balaban J connectivity index is 3.36. The highest BCUT2D eigenvalue weighted by Crippen LogP contribution is 2.07. The lowest BCUT2D eigenvalue weighted by Crippen LogP contribution is -2.25. The Bertz CT molecular complexity index is 117. The van der Waals surface area contributed by atoms with Crippen molar-refractivity contribution in [3.05, 3.63) is 0 Å². The molecule has 0 aromatic heterocycles. The van der Waals surface area contributed by atoms with Gasteiger partial charge in [0.1, 0.15) is 0 Å². The molecule has 0 saturated heterocycles. The van der Waals surface area contributed by atoms with Crippen molar-refractivity contribution >= 4 is 0 Å². The molecule has 0 aromatic carbocycles. The fraction of sp³-hybridized carbons (Fsp3) is 1.00. The van der Waals surface area contributed by atoms with E-state index in [1.807, 2.05) is 7.05 Å². The lowest BCUT2D eigenvalue weighted by molar-refractivity contribution is 0.0324. The molecule has 0 aliphatic carbocycles. The number of ether oxygens (including phenoxy) is 1. The van der Waals surface area contributed by atoms with Gasteiger partial charge < -0.3 is 10.1 Å². The standard InChI is InChI=1S/C12H27NO/c1-6-12(13-5)8-7-9-14-11(4)10(2)3/h10-13H,6-9H2,1-5H3. The first-order valence-corrected chi connectivity index (χ1v) is 5.90. The first-order chi connectivity index (χ1) is 6.61. The largest absolute Gasteiger partial charge is 0.378 e. The van der Waals surface area contributed by atoms with E-state index in [-0.39, 0.29) is 0 Å². The van der Waals surface area contributed by atoms with E-state index in [4.69, 9.17) is 4.74 Å². The summed E-state index contributed by atoms with van der Waals surface area (Å²) in [5, 5.41) is 3.31. The number of hydrogen-bond donors (Lipinski definition) is 1. The summed E-state index contributed by atoms with van der Waals surface area (Å²) in [7, 11) is 2.03. The maximum Gasteiger partial charge on any atom is 0.0569 e. The normalized spacial score (nSPS) is 15.9. The summed E-state index contributed by atoms with van der Waals surface area (Å²) < 4.78 is 5.72. The predicted octanol–water partition coefficient (Wildman–Crippen LogP) is 2.83. The summed E-state index contributed by atoms with van der Waals surface area (Å²) >= 11 is 0. The average molecular weight is 201 g/mol. The SMILES string of the molecule is CCC(CCCOC(C)C(C)C)NC. The van der Waals surface area contributed by atoms with E-state index in [1.165, 1.54) is 12.8 Å². The molecule has 0 amide bonds. The van der Waals surface area contributed by atoms with E-state index in [2.05, 4.69) is 33.0 Å². The number of hydrogen-bond acceptors (Lipinski definition) is 2. The van der Waals surface area contributed by atoms with Crippen LogP contribution in [0.2, 0.25) is 0 Å². The van der Waals surface area contributed by atoms with Gasteiger partial charge in [0, 0.05) is 12.6 Å². The zero-order valence-corrected chi connectivity index (χ0v) is 10.5. The Labute approximate surface area is 89.4 Å². The molecule has 2 unspecified atom stereocenters. The topological polar surface area (TPSA) is 21.3 Å². The molecule has 2 nitrogen and oxygen atoms in total. The minimum atomic E-state index is 0.393. The summed E-state index contributed by atoms with van der Waals surface area (Å²) in [5.74, 6) is 0.626. The fourth-order valence-corrected chi connectivity index (χ4v) is 1.34. The Morgan fingerprint density at radius 1 is 1.21 bits per heavy atom. The van der Waals surface area contributed by atoms with Crippen molar-refractivity contribution in [3.8, 4) is 0 Å². The minimum absolute atomic E-state index is 0.393. The zero-order valence-electron chi connectivity index (χ0n) is 10.5. The average Bonchev–Trinajstić information content (AvgIpc) is 2.17. The minimum Gasteiger partial charge on any atom is -0.378 e. The van der Waals surface area contributed by atoms with Crippen LogP contribution >= 0.6 is 0 Å². The zero-order chi connectivity index (χ0) is 11.0. The van der Waals surface area contributed by atoms with Crippen LogP contribution in [0.5, 0.6) is 0 Å². The lowest BCUT2D eigenvalue weighted by Gasteiger charge is -2.18. The molecule has 2 heteroatoms. The third kappa shape index (κ3) is 6.39. The molecule has 0 aliphatic rings. The van der Waals surface area contributed by atoms with Gasteiger partial charge in [0.25, 0.3) is 0 Å². The summed E-state index contributed by atoms with van der Waals surface area (Å²) in [5.41, 5.74) is 0. The van der Waals surface area contributed by atoms with Crippen LogP contribution in [-0.4, -0.2) is 25.8 Å². The van der Waals surface area contributed by atoms with Crippen molar-refractivity contribution in [2.45, 2.75) is 59.1 Å². The molecule has 0 bridgehead atoms. The molecule has 0 rings (SSSR count). The van der Waals surface area contributed by atoms with Gasteiger partial charge in [0.2, 0.25) is 0 Å². The van der Waals surface area contributed by atoms with Crippen molar-refractivity contribution in [2.75, 3.05) is 13.7 Å². The molecule has 0 aliphatic heterocycles. The number of nitrogens with one attached hydrogen (secondary N) is 1. The van der Waals surface area contributed by atoms with Gasteiger partial charge in [-0.3, -0.25) is 0 Å². The molecule has 2 atom stereocenters. The van der Waals surface area contributed by atoms with Crippen LogP contribution < -0.4 is 5.32 Å². The van der Waals surface area contributed by atoms with Crippen LogP contribution in [0.1, 0.15) is 47.0 Å². The van der Waals surface area contributed by atoms with E-state index >= 15 is 0 Å². The molecular weight excluding hydrogens is 174 g/mol. The smallest absolute Gasteiger partial charge is 0.0569 e. The van der Waals surface area contributed by atoms with Gasteiger partial charge in [-0.25, -0.2) is 0 Å². The molecule has 0 aromatic rings. The molecule has 0 spiro atoms. The highest BCUT2D eigenvalue weighted by molar-refractivity contribution is 4.62. The van der Waals surface area contributed by atoms with Gasteiger partial charge >= 0.3 is 0 Å². The quantitative estimate of drug-likeness (QED) is 0.610. The fourth-order valence-electron chi connectivity index (χ4n) is 1.34. The summed E-state index contributed by atoms with van der Waals surface area (Å²) in [6.07, 6.45) is 3.98.